The van der Waals surface area contributed by atoms with Gasteiger partial charge in [-0.15, -0.1) is 0 Å². The molecule has 0 unspecified atom stereocenters. The molecule has 1 aliphatic heterocycles. The molecule has 2 heterocycles. The first-order valence-corrected chi connectivity index (χ1v) is 18.8. The van der Waals surface area contributed by atoms with Gasteiger partial charge in [0.05, 0.1) is 17.8 Å². The van der Waals surface area contributed by atoms with Crippen molar-refractivity contribution >= 4 is 35.2 Å². The first kappa shape index (κ1) is 37.9. The van der Waals surface area contributed by atoms with E-state index in [0.29, 0.717) is 59.6 Å². The average molecular weight is 751 g/mol. The highest BCUT2D eigenvalue weighted by atomic mass is 35.5. The molecule has 6 rings (SSSR count). The Hall–Kier alpha value is -4.82. The van der Waals surface area contributed by atoms with Crippen LogP contribution >= 0.6 is 23.2 Å². The summed E-state index contributed by atoms with van der Waals surface area (Å²) in [6.07, 6.45) is 5.90. The number of carbonyl (C=O) groups excluding carboxylic acids is 1. The third kappa shape index (κ3) is 11.1. The molecule has 1 amide bonds. The number of hydrogen-bond donors (Lipinski definition) is 0. The molecule has 0 atom stereocenters. The zero-order valence-electron chi connectivity index (χ0n) is 30.4. The lowest BCUT2D eigenvalue weighted by atomic mass is 10.0. The highest BCUT2D eigenvalue weighted by Gasteiger charge is 2.20. The SMILES string of the molecule is Cc1cc(C=CC(=O)N2CCN(Cc3ccc(CCOc4ccc(C(C)C)cc4)cc3)CC2)cc(Cl)c1Oc1ccc(OCc2ccc(Cl)cc2)cn1. The normalized spacial score (nSPS) is 13.4. The van der Waals surface area contributed by atoms with E-state index in [1.165, 1.54) is 16.7 Å². The van der Waals surface area contributed by atoms with E-state index in [9.17, 15) is 4.79 Å². The molecule has 0 bridgehead atoms. The summed E-state index contributed by atoms with van der Waals surface area (Å²) in [5, 5.41) is 1.12. The van der Waals surface area contributed by atoms with E-state index in [1.807, 2.05) is 42.2 Å². The van der Waals surface area contributed by atoms with Gasteiger partial charge >= 0.3 is 0 Å². The molecule has 1 saturated heterocycles. The lowest BCUT2D eigenvalue weighted by molar-refractivity contribution is -0.127. The van der Waals surface area contributed by atoms with Gasteiger partial charge in [-0.25, -0.2) is 4.98 Å². The highest BCUT2D eigenvalue weighted by Crippen LogP contribution is 2.34. The zero-order chi connectivity index (χ0) is 37.2. The van der Waals surface area contributed by atoms with Gasteiger partial charge in [0.1, 0.15) is 18.1 Å². The number of hydrogen-bond acceptors (Lipinski definition) is 6. The van der Waals surface area contributed by atoms with Crippen molar-refractivity contribution in [2.75, 3.05) is 32.8 Å². The number of carbonyl (C=O) groups is 1. The molecule has 0 N–H and O–H groups in total. The minimum absolute atomic E-state index is 0.0104. The third-order valence-corrected chi connectivity index (χ3v) is 9.76. The number of aromatic nitrogens is 1. The van der Waals surface area contributed by atoms with Gasteiger partial charge in [-0.05, 0) is 94.8 Å². The van der Waals surface area contributed by atoms with Crippen LogP contribution in [-0.4, -0.2) is 53.5 Å². The molecular weight excluding hydrogens is 705 g/mol. The maximum Gasteiger partial charge on any atom is 0.246 e. The van der Waals surface area contributed by atoms with Crippen molar-refractivity contribution in [3.8, 4) is 23.1 Å². The molecule has 7 nitrogen and oxygen atoms in total. The first-order valence-electron chi connectivity index (χ1n) is 18.0. The van der Waals surface area contributed by atoms with Gasteiger partial charge in [0.25, 0.3) is 0 Å². The summed E-state index contributed by atoms with van der Waals surface area (Å²) in [7, 11) is 0. The molecule has 5 aromatic rings. The summed E-state index contributed by atoms with van der Waals surface area (Å²) in [6.45, 7) is 11.2. The zero-order valence-corrected chi connectivity index (χ0v) is 31.9. The van der Waals surface area contributed by atoms with Crippen molar-refractivity contribution in [2.45, 2.75) is 46.3 Å². The second-order valence-corrected chi connectivity index (χ2v) is 14.4. The van der Waals surface area contributed by atoms with Crippen LogP contribution in [0.5, 0.6) is 23.1 Å². The maximum absolute atomic E-state index is 13.1. The van der Waals surface area contributed by atoms with E-state index < -0.39 is 0 Å². The van der Waals surface area contributed by atoms with Crippen molar-refractivity contribution in [1.82, 2.24) is 14.8 Å². The highest BCUT2D eigenvalue weighted by molar-refractivity contribution is 6.32. The average Bonchev–Trinajstić information content (AvgIpc) is 3.17. The Labute approximate surface area is 322 Å². The Bertz CT molecular complexity index is 1950. The number of aryl methyl sites for hydroxylation is 1. The molecule has 4 aromatic carbocycles. The van der Waals surface area contributed by atoms with E-state index in [1.54, 1.807) is 36.5 Å². The summed E-state index contributed by atoms with van der Waals surface area (Å²) in [5.74, 6) is 2.95. The van der Waals surface area contributed by atoms with E-state index in [2.05, 4.69) is 72.3 Å². The molecule has 53 heavy (non-hydrogen) atoms. The van der Waals surface area contributed by atoms with Gasteiger partial charge in [-0.2, -0.15) is 0 Å². The van der Waals surface area contributed by atoms with Crippen molar-refractivity contribution in [3.05, 3.63) is 153 Å². The van der Waals surface area contributed by atoms with Crippen LogP contribution in [0.25, 0.3) is 6.08 Å². The largest absolute Gasteiger partial charge is 0.493 e. The Morgan fingerprint density at radius 3 is 2.15 bits per heavy atom. The number of pyridine rings is 1. The smallest absolute Gasteiger partial charge is 0.246 e. The summed E-state index contributed by atoms with van der Waals surface area (Å²) in [5.41, 5.74) is 6.50. The van der Waals surface area contributed by atoms with Crippen LogP contribution in [0.15, 0.2) is 109 Å². The van der Waals surface area contributed by atoms with Crippen molar-refractivity contribution in [3.63, 3.8) is 0 Å². The molecule has 9 heteroatoms. The lowest BCUT2D eigenvalue weighted by Gasteiger charge is -2.34. The topological polar surface area (TPSA) is 64.1 Å². The van der Waals surface area contributed by atoms with Crippen molar-refractivity contribution in [2.24, 2.45) is 0 Å². The number of amides is 1. The number of nitrogens with zero attached hydrogens (tertiary/aromatic N) is 3. The molecule has 274 valence electrons. The quantitative estimate of drug-likeness (QED) is 0.105. The van der Waals surface area contributed by atoms with Crippen LogP contribution in [0.1, 0.15) is 53.1 Å². The molecular formula is C44H45Cl2N3O4. The van der Waals surface area contributed by atoms with Crippen LogP contribution in [0.4, 0.5) is 0 Å². The van der Waals surface area contributed by atoms with Gasteiger partial charge in [-0.1, -0.05) is 85.6 Å². The monoisotopic (exact) mass is 749 g/mol. The van der Waals surface area contributed by atoms with Crippen molar-refractivity contribution < 1.29 is 19.0 Å². The predicted octanol–water partition coefficient (Wildman–Crippen LogP) is 10.2. The molecule has 0 spiro atoms. The van der Waals surface area contributed by atoms with Crippen molar-refractivity contribution in [1.29, 1.82) is 0 Å². The van der Waals surface area contributed by atoms with Crippen LogP contribution in [0.3, 0.4) is 0 Å². The van der Waals surface area contributed by atoms with Crippen LogP contribution in [-0.2, 0) is 24.4 Å². The molecule has 1 aromatic heterocycles. The molecule has 1 aliphatic rings. The standard InChI is InChI=1S/C44H45Cl2N3O4/c1-31(2)37-11-15-39(16-12-37)51-25-20-33-4-6-34(7-5-33)29-48-21-23-49(24-22-48)43(50)19-10-36-26-32(3)44(41(46)27-36)53-42-18-17-40(28-47-42)52-30-35-8-13-38(45)14-9-35/h4-19,26-28,31H,20-25,29-30H2,1-3H3. The Kier molecular flexibility index (Phi) is 13.1. The van der Waals surface area contributed by atoms with Gasteiger partial charge in [-0.3, -0.25) is 9.69 Å². The van der Waals surface area contributed by atoms with Gasteiger partial charge in [0, 0.05) is 56.3 Å². The first-order chi connectivity index (χ1) is 25.7. The number of halogens is 2. The fourth-order valence-electron chi connectivity index (χ4n) is 6.05. The van der Waals surface area contributed by atoms with Crippen LogP contribution < -0.4 is 14.2 Å². The van der Waals surface area contributed by atoms with E-state index in [0.717, 1.165) is 48.5 Å². The number of ether oxygens (including phenoxy) is 3. The lowest BCUT2D eigenvalue weighted by Crippen LogP contribution is -2.47. The number of piperazine rings is 1. The van der Waals surface area contributed by atoms with Gasteiger partial charge in [0.2, 0.25) is 11.8 Å². The molecule has 0 radical (unpaired) electrons. The van der Waals surface area contributed by atoms with E-state index in [-0.39, 0.29) is 5.91 Å². The van der Waals surface area contributed by atoms with Crippen LogP contribution in [0, 0.1) is 6.92 Å². The van der Waals surface area contributed by atoms with E-state index in [4.69, 9.17) is 37.4 Å². The molecule has 0 saturated carbocycles. The van der Waals surface area contributed by atoms with Gasteiger partial charge < -0.3 is 19.1 Å². The molecule has 0 aliphatic carbocycles. The fraction of sp³-hybridized carbons (Fsp3) is 0.273. The fourth-order valence-corrected chi connectivity index (χ4v) is 6.49. The number of benzene rings is 4. The summed E-state index contributed by atoms with van der Waals surface area (Å²) in [4.78, 5) is 21.7. The third-order valence-electron chi connectivity index (χ3n) is 9.22. The second-order valence-electron chi connectivity index (χ2n) is 13.6. The summed E-state index contributed by atoms with van der Waals surface area (Å²) in [6, 6.07) is 31.9. The van der Waals surface area contributed by atoms with E-state index >= 15 is 0 Å². The predicted molar refractivity (Wildman–Crippen MR) is 213 cm³/mol. The van der Waals surface area contributed by atoms with Gasteiger partial charge in [0.15, 0.2) is 5.75 Å². The summed E-state index contributed by atoms with van der Waals surface area (Å²) < 4.78 is 17.8. The molecule has 1 fully saturated rings. The number of rotatable bonds is 14. The van der Waals surface area contributed by atoms with Crippen LogP contribution in [0.2, 0.25) is 10.0 Å². The second kappa shape index (κ2) is 18.3. The minimum atomic E-state index is -0.0104. The Balaban J connectivity index is 0.922. The Morgan fingerprint density at radius 2 is 1.49 bits per heavy atom. The maximum atomic E-state index is 13.1. The summed E-state index contributed by atoms with van der Waals surface area (Å²) >= 11 is 12.6. The Morgan fingerprint density at radius 1 is 0.811 bits per heavy atom. The minimum Gasteiger partial charge on any atom is -0.493 e.